The van der Waals surface area contributed by atoms with Crippen LogP contribution in [0.15, 0.2) is 221 Å². The normalized spacial score (nSPS) is 15.3. The van der Waals surface area contributed by atoms with Crippen molar-refractivity contribution in [2.45, 2.75) is 66.1 Å². The number of benzene rings is 8. The van der Waals surface area contributed by atoms with Gasteiger partial charge in [0.25, 0.3) is 0 Å². The van der Waals surface area contributed by atoms with Crippen molar-refractivity contribution in [3.8, 4) is 44.5 Å². The second kappa shape index (κ2) is 16.5. The van der Waals surface area contributed by atoms with Gasteiger partial charge in [-0.2, -0.15) is 0 Å². The molecule has 1 unspecified atom stereocenters. The summed E-state index contributed by atoms with van der Waals surface area (Å²) < 4.78 is 11.5. The molecule has 0 radical (unpaired) electrons. The van der Waals surface area contributed by atoms with Crippen molar-refractivity contribution in [3.63, 3.8) is 0 Å². The van der Waals surface area contributed by atoms with Crippen molar-refractivity contribution in [2.75, 3.05) is 9.80 Å². The largest absolute Gasteiger partial charge is 0.464 e. The van der Waals surface area contributed by atoms with Crippen molar-refractivity contribution in [1.82, 2.24) is 0 Å². The first kappa shape index (κ1) is 44.0. The first-order valence-electron chi connectivity index (χ1n) is 25.5. The van der Waals surface area contributed by atoms with Crippen LogP contribution in [0.2, 0.25) is 5.82 Å². The van der Waals surface area contributed by atoms with Crippen LogP contribution in [0.1, 0.15) is 59.1 Å². The van der Waals surface area contributed by atoms with Gasteiger partial charge in [-0.15, -0.1) is 0 Å². The molecule has 8 aromatic carbocycles. The summed E-state index contributed by atoms with van der Waals surface area (Å²) in [7, 11) is 0. The van der Waals surface area contributed by atoms with Gasteiger partial charge in [0.1, 0.15) is 11.2 Å². The molecule has 2 aromatic heterocycles. The van der Waals surface area contributed by atoms with Gasteiger partial charge in [-0.1, -0.05) is 150 Å². The molecule has 350 valence electrons. The summed E-state index contributed by atoms with van der Waals surface area (Å²) in [6, 6.07) is 65.6. The van der Waals surface area contributed by atoms with Crippen molar-refractivity contribution < 1.29 is 8.83 Å². The van der Waals surface area contributed by atoms with Gasteiger partial charge >= 0.3 is 0 Å². The Kier molecular flexibility index (Phi) is 10.1. The Labute approximate surface area is 423 Å². The fraction of sp³-hybridized carbons (Fsp3) is 0.164. The van der Waals surface area contributed by atoms with E-state index >= 15 is 0 Å². The summed E-state index contributed by atoms with van der Waals surface area (Å²) in [4.78, 5) is 5.26. The maximum atomic E-state index is 5.77. The number of fused-ring (bicyclic) bond motifs is 6. The molecule has 0 amide bonds. The third-order valence-electron chi connectivity index (χ3n) is 15.7. The zero-order valence-electron chi connectivity index (χ0n) is 42.1. The standard InChI is InChI=1S/C67H57BN2O2/c1-42-34-61-65-62(35-42)70(58-25-19-48(39-54(58)44-16-12-9-13-17-44)46-21-29-64-50(37-46)31-33-72-64)60-27-23-52(67(5,6)7)41-56(60)68(65)55-40-51(66(2,3)4)22-26-59(55)69(61)57-24-18-47(38-53(57)43-14-10-8-11-15-43)45-20-28-63-49(36-45)30-32-71-63/h8-40,56H,41H2,1-7H3. The van der Waals surface area contributed by atoms with Crippen LogP contribution in [0.3, 0.4) is 0 Å². The Morgan fingerprint density at radius 1 is 0.458 bits per heavy atom. The van der Waals surface area contributed by atoms with E-state index in [1.54, 1.807) is 12.5 Å². The van der Waals surface area contributed by atoms with E-state index in [1.165, 1.54) is 83.9 Å². The number of allylic oxidation sites excluding steroid dienone is 4. The lowest BCUT2D eigenvalue weighted by Crippen LogP contribution is -2.59. The summed E-state index contributed by atoms with van der Waals surface area (Å²) >= 11 is 0. The lowest BCUT2D eigenvalue weighted by atomic mass is 9.28. The average Bonchev–Trinajstić information content (AvgIpc) is 4.08. The Balaban J connectivity index is 1.09. The van der Waals surface area contributed by atoms with E-state index in [0.29, 0.717) is 0 Å². The Morgan fingerprint density at radius 2 is 0.972 bits per heavy atom. The monoisotopic (exact) mass is 932 g/mol. The fourth-order valence-electron chi connectivity index (χ4n) is 11.9. The van der Waals surface area contributed by atoms with Gasteiger partial charge in [0.05, 0.1) is 23.9 Å². The van der Waals surface area contributed by atoms with Crippen LogP contribution in [0, 0.1) is 12.3 Å². The molecule has 0 spiro atoms. The predicted octanol–water partition coefficient (Wildman–Crippen LogP) is 17.6. The molecule has 4 heterocycles. The smallest absolute Gasteiger partial charge is 0.226 e. The second-order valence-corrected chi connectivity index (χ2v) is 22.3. The van der Waals surface area contributed by atoms with Gasteiger partial charge in [-0.3, -0.25) is 0 Å². The molecule has 2 aliphatic heterocycles. The fourth-order valence-corrected chi connectivity index (χ4v) is 11.9. The van der Waals surface area contributed by atoms with Gasteiger partial charge in [-0.05, 0) is 170 Å². The minimum Gasteiger partial charge on any atom is -0.464 e. The van der Waals surface area contributed by atoms with Gasteiger partial charge in [0.15, 0.2) is 0 Å². The molecule has 1 atom stereocenters. The van der Waals surface area contributed by atoms with Crippen LogP contribution < -0.4 is 20.7 Å². The third-order valence-corrected chi connectivity index (χ3v) is 15.7. The quantitative estimate of drug-likeness (QED) is 0.156. The number of hydrogen-bond donors (Lipinski definition) is 0. The van der Waals surface area contributed by atoms with Crippen molar-refractivity contribution in [2.24, 2.45) is 5.41 Å². The summed E-state index contributed by atoms with van der Waals surface area (Å²) in [6.07, 6.45) is 9.42. The minimum atomic E-state index is -0.0555. The molecule has 4 nitrogen and oxygen atoms in total. The lowest BCUT2D eigenvalue weighted by molar-refractivity contribution is 0.478. The van der Waals surface area contributed by atoms with Crippen LogP contribution in [0.4, 0.5) is 28.4 Å². The maximum absolute atomic E-state index is 5.77. The van der Waals surface area contributed by atoms with E-state index in [0.717, 1.165) is 50.7 Å². The van der Waals surface area contributed by atoms with Crippen molar-refractivity contribution >= 4 is 68.0 Å². The van der Waals surface area contributed by atoms with E-state index in [2.05, 4.69) is 246 Å². The third kappa shape index (κ3) is 7.28. The molecule has 0 N–H and O–H groups in total. The SMILES string of the molecule is Cc1cc2c3c(c1)N(c1ccc(-c4ccc5occc5c4)cc1-c1ccccc1)c1ccc(C(C)(C)C)cc1B3C1CC(C(C)(C)C)=CC=C1N2c1ccc(-c2ccc3occc3c2)cc1-c1ccccc1. The molecule has 72 heavy (non-hydrogen) atoms. The molecule has 3 aliphatic rings. The Hall–Kier alpha value is -8.02. The highest BCUT2D eigenvalue weighted by Crippen LogP contribution is 2.55. The molecule has 0 saturated heterocycles. The van der Waals surface area contributed by atoms with Crippen LogP contribution in [-0.2, 0) is 5.41 Å². The topological polar surface area (TPSA) is 32.8 Å². The van der Waals surface area contributed by atoms with Gasteiger partial charge in [-0.25, -0.2) is 0 Å². The van der Waals surface area contributed by atoms with Crippen LogP contribution in [0.25, 0.3) is 66.4 Å². The number of nitrogens with zero attached hydrogens (tertiary/aromatic N) is 2. The zero-order valence-corrected chi connectivity index (χ0v) is 42.1. The number of aryl methyl sites for hydroxylation is 1. The highest BCUT2D eigenvalue weighted by Gasteiger charge is 2.50. The first-order chi connectivity index (χ1) is 34.9. The average molecular weight is 933 g/mol. The van der Waals surface area contributed by atoms with E-state index in [9.17, 15) is 0 Å². The molecule has 13 rings (SSSR count). The van der Waals surface area contributed by atoms with Crippen molar-refractivity contribution in [1.29, 1.82) is 0 Å². The summed E-state index contributed by atoms with van der Waals surface area (Å²) in [5.41, 5.74) is 25.3. The molecule has 1 aliphatic carbocycles. The van der Waals surface area contributed by atoms with Gasteiger partial charge in [0, 0.05) is 44.7 Å². The molecular weight excluding hydrogens is 876 g/mol. The van der Waals surface area contributed by atoms with Crippen LogP contribution in [-0.4, -0.2) is 6.71 Å². The minimum absolute atomic E-state index is 0.00143. The van der Waals surface area contributed by atoms with Gasteiger partial charge in [0.2, 0.25) is 6.71 Å². The number of rotatable bonds is 6. The maximum Gasteiger partial charge on any atom is 0.226 e. The second-order valence-electron chi connectivity index (χ2n) is 22.3. The van der Waals surface area contributed by atoms with Crippen molar-refractivity contribution in [3.05, 3.63) is 223 Å². The molecule has 10 aromatic rings. The lowest BCUT2D eigenvalue weighted by Gasteiger charge is -2.50. The molecule has 0 bridgehead atoms. The predicted molar refractivity (Wildman–Crippen MR) is 303 cm³/mol. The summed E-state index contributed by atoms with van der Waals surface area (Å²) in [5.74, 6) is 0.162. The molecule has 5 heteroatoms. The van der Waals surface area contributed by atoms with E-state index in [1.807, 2.05) is 0 Å². The number of furan rings is 2. The van der Waals surface area contributed by atoms with Gasteiger partial charge < -0.3 is 18.6 Å². The van der Waals surface area contributed by atoms with E-state index in [-0.39, 0.29) is 23.4 Å². The van der Waals surface area contributed by atoms with Crippen LogP contribution >= 0.6 is 0 Å². The highest BCUT2D eigenvalue weighted by atomic mass is 16.3. The Bertz CT molecular complexity index is 3840. The van der Waals surface area contributed by atoms with Crippen LogP contribution in [0.5, 0.6) is 0 Å². The number of anilines is 5. The van der Waals surface area contributed by atoms with E-state index in [4.69, 9.17) is 8.83 Å². The molecule has 0 fully saturated rings. The summed E-state index contributed by atoms with van der Waals surface area (Å²) in [6.45, 7) is 16.6. The number of hydrogen-bond acceptors (Lipinski definition) is 4. The molecular formula is C67H57BN2O2. The first-order valence-corrected chi connectivity index (χ1v) is 25.5. The highest BCUT2D eigenvalue weighted by molar-refractivity contribution is 6.91. The zero-order chi connectivity index (χ0) is 49.0. The molecule has 0 saturated carbocycles. The Morgan fingerprint density at radius 3 is 1.53 bits per heavy atom. The van der Waals surface area contributed by atoms with E-state index < -0.39 is 0 Å². The summed E-state index contributed by atoms with van der Waals surface area (Å²) in [5, 5.41) is 2.20.